The van der Waals surface area contributed by atoms with Crippen LogP contribution in [0.2, 0.25) is 0 Å². The average Bonchev–Trinajstić information content (AvgIpc) is 3.48. The Morgan fingerprint density at radius 3 is 2.30 bits per heavy atom. The highest BCUT2D eigenvalue weighted by Gasteiger charge is 2.37. The van der Waals surface area contributed by atoms with Gasteiger partial charge in [-0.2, -0.15) is 5.10 Å². The molecule has 1 N–H and O–H groups in total. The van der Waals surface area contributed by atoms with Crippen molar-refractivity contribution < 1.29 is 13.9 Å². The number of nitrogens with one attached hydrogen (secondary N) is 1. The molecule has 0 amide bonds. The number of H-pyrrole nitrogens is 1. The minimum Gasteiger partial charge on any atom is -0.497 e. The Bertz CT molecular complexity index is 1160. The molecule has 0 atom stereocenters. The predicted molar refractivity (Wildman–Crippen MR) is 114 cm³/mol. The van der Waals surface area contributed by atoms with Gasteiger partial charge in [-0.3, -0.25) is 5.10 Å². The molecule has 0 spiro atoms. The molecule has 0 radical (unpaired) electrons. The number of benzene rings is 2. The monoisotopic (exact) mass is 399 g/mol. The number of ether oxygens (including phenoxy) is 2. The van der Waals surface area contributed by atoms with E-state index in [1.54, 1.807) is 26.7 Å². The average molecular weight is 399 g/mol. The zero-order chi connectivity index (χ0) is 20.6. The van der Waals surface area contributed by atoms with Crippen LogP contribution in [0.25, 0.3) is 17.7 Å². The summed E-state index contributed by atoms with van der Waals surface area (Å²) in [7, 11) is 3.37. The molecule has 150 valence electrons. The maximum atomic E-state index is 5.50. The van der Waals surface area contributed by atoms with E-state index < -0.39 is 5.41 Å². The first-order chi connectivity index (χ1) is 14.7. The highest BCUT2D eigenvalue weighted by atomic mass is 16.5. The first-order valence-electron chi connectivity index (χ1n) is 9.69. The summed E-state index contributed by atoms with van der Waals surface area (Å²) in [6.45, 7) is 0. The first-order valence-corrected chi connectivity index (χ1v) is 9.69. The quantitative estimate of drug-likeness (QED) is 0.529. The second-order valence-electron chi connectivity index (χ2n) is 7.25. The van der Waals surface area contributed by atoms with E-state index in [-0.39, 0.29) is 0 Å². The standard InChI is InChI=1S/C24H21N3O3/c1-28-18-7-3-5-16(13-18)24(17-6-4-8-19(14-17)29-2)10-9-20-21(15-24)26-27-22(20)23-25-11-12-30-23/h3-14H,15H2,1-2H3,(H,26,27). The molecular formula is C24H21N3O3. The summed E-state index contributed by atoms with van der Waals surface area (Å²) >= 11 is 0. The van der Waals surface area contributed by atoms with Crippen LogP contribution in [0.1, 0.15) is 22.4 Å². The van der Waals surface area contributed by atoms with Crippen LogP contribution < -0.4 is 9.47 Å². The van der Waals surface area contributed by atoms with Crippen LogP contribution >= 0.6 is 0 Å². The number of hydrogen-bond acceptors (Lipinski definition) is 5. The van der Waals surface area contributed by atoms with Gasteiger partial charge in [0, 0.05) is 23.1 Å². The van der Waals surface area contributed by atoms with Crippen LogP contribution in [-0.2, 0) is 11.8 Å². The van der Waals surface area contributed by atoms with Crippen LogP contribution in [0.5, 0.6) is 11.5 Å². The third-order valence-electron chi connectivity index (χ3n) is 5.68. The molecule has 6 nitrogen and oxygen atoms in total. The third-order valence-corrected chi connectivity index (χ3v) is 5.68. The van der Waals surface area contributed by atoms with Crippen molar-refractivity contribution in [2.75, 3.05) is 14.2 Å². The van der Waals surface area contributed by atoms with Crippen molar-refractivity contribution in [3.63, 3.8) is 0 Å². The Morgan fingerprint density at radius 1 is 1.00 bits per heavy atom. The number of aromatic nitrogens is 3. The van der Waals surface area contributed by atoms with E-state index in [0.29, 0.717) is 12.3 Å². The molecule has 0 unspecified atom stereocenters. The largest absolute Gasteiger partial charge is 0.497 e. The number of allylic oxidation sites excluding steroid dienone is 1. The highest BCUT2D eigenvalue weighted by Crippen LogP contribution is 2.44. The van der Waals surface area contributed by atoms with E-state index in [9.17, 15) is 0 Å². The van der Waals surface area contributed by atoms with Crippen molar-refractivity contribution in [2.45, 2.75) is 11.8 Å². The number of methoxy groups -OCH3 is 2. The van der Waals surface area contributed by atoms with Crippen LogP contribution in [0.15, 0.2) is 71.5 Å². The van der Waals surface area contributed by atoms with Gasteiger partial charge in [0.2, 0.25) is 5.89 Å². The van der Waals surface area contributed by atoms with Crippen molar-refractivity contribution in [1.82, 2.24) is 15.2 Å². The first kappa shape index (κ1) is 18.2. The molecule has 30 heavy (non-hydrogen) atoms. The van der Waals surface area contributed by atoms with Crippen molar-refractivity contribution in [3.05, 3.63) is 89.5 Å². The summed E-state index contributed by atoms with van der Waals surface area (Å²) in [5.74, 6) is 2.14. The summed E-state index contributed by atoms with van der Waals surface area (Å²) in [5.41, 5.74) is 4.59. The highest BCUT2D eigenvalue weighted by molar-refractivity contribution is 5.73. The molecule has 2 aromatic carbocycles. The number of oxazole rings is 1. The molecule has 1 aliphatic rings. The fraction of sp³-hybridized carbons (Fsp3) is 0.167. The molecular weight excluding hydrogens is 378 g/mol. The summed E-state index contributed by atoms with van der Waals surface area (Å²) in [6, 6.07) is 16.4. The zero-order valence-corrected chi connectivity index (χ0v) is 16.8. The summed E-state index contributed by atoms with van der Waals surface area (Å²) in [5, 5.41) is 7.68. The lowest BCUT2D eigenvalue weighted by Crippen LogP contribution is -2.30. The van der Waals surface area contributed by atoms with E-state index in [1.165, 1.54) is 0 Å². The lowest BCUT2D eigenvalue weighted by molar-refractivity contribution is 0.411. The molecule has 4 aromatic rings. The van der Waals surface area contributed by atoms with Gasteiger partial charge < -0.3 is 13.9 Å². The molecule has 1 aliphatic carbocycles. The van der Waals surface area contributed by atoms with Crippen LogP contribution in [0.3, 0.4) is 0 Å². The van der Waals surface area contributed by atoms with E-state index in [4.69, 9.17) is 13.9 Å². The topological polar surface area (TPSA) is 73.2 Å². The van der Waals surface area contributed by atoms with Gasteiger partial charge in [-0.05, 0) is 35.4 Å². The number of fused-ring (bicyclic) bond motifs is 1. The SMILES string of the molecule is COc1cccc(C2(c3cccc(OC)c3)C=Cc3c(-c4ncco4)n[nH]c3C2)c1. The van der Waals surface area contributed by atoms with E-state index in [0.717, 1.165) is 39.6 Å². The lowest BCUT2D eigenvalue weighted by atomic mass is 9.68. The van der Waals surface area contributed by atoms with Crippen LogP contribution in [-0.4, -0.2) is 29.4 Å². The smallest absolute Gasteiger partial charge is 0.247 e. The van der Waals surface area contributed by atoms with Crippen molar-refractivity contribution in [1.29, 1.82) is 0 Å². The Hall–Kier alpha value is -3.80. The molecule has 5 rings (SSSR count). The van der Waals surface area contributed by atoms with Gasteiger partial charge in [-0.15, -0.1) is 0 Å². The molecule has 0 saturated carbocycles. The van der Waals surface area contributed by atoms with E-state index in [2.05, 4.69) is 51.6 Å². The Kier molecular flexibility index (Phi) is 4.39. The normalized spacial score (nSPS) is 14.3. The lowest BCUT2D eigenvalue weighted by Gasteiger charge is -2.34. The molecule has 0 bridgehead atoms. The van der Waals surface area contributed by atoms with Gasteiger partial charge in [-0.1, -0.05) is 36.4 Å². The molecule has 0 saturated heterocycles. The van der Waals surface area contributed by atoms with Gasteiger partial charge in [0.25, 0.3) is 0 Å². The van der Waals surface area contributed by atoms with Crippen LogP contribution in [0, 0.1) is 0 Å². The van der Waals surface area contributed by atoms with Crippen molar-refractivity contribution in [3.8, 4) is 23.1 Å². The number of hydrogen-bond donors (Lipinski definition) is 1. The zero-order valence-electron chi connectivity index (χ0n) is 16.8. The third kappa shape index (κ3) is 2.88. The van der Waals surface area contributed by atoms with Gasteiger partial charge >= 0.3 is 0 Å². The van der Waals surface area contributed by atoms with Crippen molar-refractivity contribution >= 4 is 6.08 Å². The maximum Gasteiger partial charge on any atom is 0.247 e. The number of rotatable bonds is 5. The Labute approximate surface area is 174 Å². The second-order valence-corrected chi connectivity index (χ2v) is 7.25. The predicted octanol–water partition coefficient (Wildman–Crippen LogP) is 4.64. The summed E-state index contributed by atoms with van der Waals surface area (Å²) < 4.78 is 16.5. The Balaban J connectivity index is 1.68. The molecule has 6 heteroatoms. The van der Waals surface area contributed by atoms with Gasteiger partial charge in [0.1, 0.15) is 17.8 Å². The minimum absolute atomic E-state index is 0.406. The second kappa shape index (κ2) is 7.22. The fourth-order valence-electron chi connectivity index (χ4n) is 4.13. The van der Waals surface area contributed by atoms with Gasteiger partial charge in [-0.25, -0.2) is 4.98 Å². The maximum absolute atomic E-state index is 5.50. The van der Waals surface area contributed by atoms with Gasteiger partial charge in [0.05, 0.1) is 20.4 Å². The molecule has 0 fully saturated rings. The van der Waals surface area contributed by atoms with Crippen molar-refractivity contribution in [2.24, 2.45) is 0 Å². The Morgan fingerprint density at radius 2 is 1.70 bits per heavy atom. The summed E-state index contributed by atoms with van der Waals surface area (Å²) in [6.07, 6.45) is 8.20. The summed E-state index contributed by atoms with van der Waals surface area (Å²) in [4.78, 5) is 4.25. The molecule has 2 aromatic heterocycles. The minimum atomic E-state index is -0.406. The molecule has 0 aliphatic heterocycles. The van der Waals surface area contributed by atoms with E-state index in [1.807, 2.05) is 24.3 Å². The fourth-order valence-corrected chi connectivity index (χ4v) is 4.13. The number of aromatic amines is 1. The number of nitrogens with zero attached hydrogens (tertiary/aromatic N) is 2. The molecule has 2 heterocycles. The van der Waals surface area contributed by atoms with Crippen LogP contribution in [0.4, 0.5) is 0 Å². The van der Waals surface area contributed by atoms with E-state index >= 15 is 0 Å². The van der Waals surface area contributed by atoms with Gasteiger partial charge in [0.15, 0.2) is 5.69 Å².